The van der Waals surface area contributed by atoms with E-state index in [-0.39, 0.29) is 11.5 Å². The van der Waals surface area contributed by atoms with Crippen LogP contribution in [0.2, 0.25) is 0 Å². The molecule has 21 heavy (non-hydrogen) atoms. The van der Waals surface area contributed by atoms with E-state index in [0.29, 0.717) is 12.3 Å². The van der Waals surface area contributed by atoms with E-state index >= 15 is 0 Å². The molecule has 2 atom stereocenters. The summed E-state index contributed by atoms with van der Waals surface area (Å²) in [4.78, 5) is 4.66. The van der Waals surface area contributed by atoms with Crippen molar-refractivity contribution in [3.05, 3.63) is 52.0 Å². The molecule has 0 amide bonds. The highest BCUT2D eigenvalue weighted by Gasteiger charge is 2.19. The Balaban J connectivity index is 1.93. The lowest BCUT2D eigenvalue weighted by molar-refractivity contribution is 0.157. The second kappa shape index (κ2) is 6.71. The van der Waals surface area contributed by atoms with Gasteiger partial charge in [-0.25, -0.2) is 4.98 Å². The van der Waals surface area contributed by atoms with Crippen LogP contribution in [-0.2, 0) is 11.8 Å². The second-order valence-electron chi connectivity index (χ2n) is 6.78. The molecule has 0 aliphatic heterocycles. The lowest BCUT2D eigenvalue weighted by atomic mass is 9.93. The fourth-order valence-electron chi connectivity index (χ4n) is 2.36. The molecule has 3 heteroatoms. The molecule has 114 valence electrons. The molecule has 2 aromatic rings. The first-order valence-electron chi connectivity index (χ1n) is 7.54. The van der Waals surface area contributed by atoms with Crippen LogP contribution < -0.4 is 0 Å². The molecular formula is C18H25NOS. The standard InChI is InChI=1S/C18H25NOS/c1-13(14-8-6-5-7-9-14)10-15(20)11-17-19-16(12-21-17)18(2,3)4/h5-9,12-13,15,20H,10-11H2,1-4H3. The van der Waals surface area contributed by atoms with Crippen molar-refractivity contribution in [3.8, 4) is 0 Å². The SMILES string of the molecule is CC(CC(O)Cc1nc(C(C)(C)C)cs1)c1ccccc1. The van der Waals surface area contributed by atoms with Gasteiger partial charge in [-0.3, -0.25) is 0 Å². The maximum Gasteiger partial charge on any atom is 0.0954 e. The summed E-state index contributed by atoms with van der Waals surface area (Å²) in [5, 5.41) is 13.5. The average molecular weight is 303 g/mol. The third kappa shape index (κ3) is 4.65. The zero-order valence-electron chi connectivity index (χ0n) is 13.3. The highest BCUT2D eigenvalue weighted by molar-refractivity contribution is 7.09. The fourth-order valence-corrected chi connectivity index (χ4v) is 3.45. The van der Waals surface area contributed by atoms with E-state index in [1.165, 1.54) is 5.56 Å². The largest absolute Gasteiger partial charge is 0.393 e. The first-order chi connectivity index (χ1) is 9.86. The van der Waals surface area contributed by atoms with Gasteiger partial charge < -0.3 is 5.11 Å². The molecule has 0 spiro atoms. The third-order valence-electron chi connectivity index (χ3n) is 3.72. The minimum absolute atomic E-state index is 0.0804. The summed E-state index contributed by atoms with van der Waals surface area (Å²) >= 11 is 1.66. The Morgan fingerprint density at radius 2 is 1.86 bits per heavy atom. The van der Waals surface area contributed by atoms with E-state index in [1.54, 1.807) is 11.3 Å². The number of aliphatic hydroxyl groups excluding tert-OH is 1. The summed E-state index contributed by atoms with van der Waals surface area (Å²) in [5.41, 5.74) is 2.48. The smallest absolute Gasteiger partial charge is 0.0954 e. The van der Waals surface area contributed by atoms with Crippen molar-refractivity contribution in [2.24, 2.45) is 0 Å². The van der Waals surface area contributed by atoms with Gasteiger partial charge in [-0.2, -0.15) is 0 Å². The Morgan fingerprint density at radius 1 is 1.19 bits per heavy atom. The Labute approximate surface area is 131 Å². The number of benzene rings is 1. The van der Waals surface area contributed by atoms with Crippen molar-refractivity contribution in [2.45, 2.75) is 58.0 Å². The average Bonchev–Trinajstić information content (AvgIpc) is 2.88. The summed E-state index contributed by atoms with van der Waals surface area (Å²) in [6.45, 7) is 8.67. The van der Waals surface area contributed by atoms with Crippen molar-refractivity contribution in [3.63, 3.8) is 0 Å². The van der Waals surface area contributed by atoms with Crippen molar-refractivity contribution in [2.75, 3.05) is 0 Å². The molecule has 0 fully saturated rings. The van der Waals surface area contributed by atoms with E-state index in [4.69, 9.17) is 0 Å². The summed E-state index contributed by atoms with van der Waals surface area (Å²) in [5.74, 6) is 0.364. The molecule has 1 aromatic heterocycles. The first-order valence-corrected chi connectivity index (χ1v) is 8.42. The lowest BCUT2D eigenvalue weighted by Crippen LogP contribution is -2.15. The Bertz CT molecular complexity index is 556. The number of hydrogen-bond donors (Lipinski definition) is 1. The minimum atomic E-state index is -0.334. The first kappa shape index (κ1) is 16.2. The number of thiazole rings is 1. The normalized spacial score (nSPS) is 14.9. The van der Waals surface area contributed by atoms with Crippen molar-refractivity contribution in [1.82, 2.24) is 4.98 Å². The van der Waals surface area contributed by atoms with Crippen LogP contribution in [0.3, 0.4) is 0 Å². The molecule has 1 heterocycles. The molecule has 0 radical (unpaired) electrons. The van der Waals surface area contributed by atoms with E-state index < -0.39 is 0 Å². The van der Waals surface area contributed by atoms with Crippen LogP contribution in [0.5, 0.6) is 0 Å². The highest BCUT2D eigenvalue weighted by Crippen LogP contribution is 2.26. The highest BCUT2D eigenvalue weighted by atomic mass is 32.1. The topological polar surface area (TPSA) is 33.1 Å². The molecule has 2 nitrogen and oxygen atoms in total. The molecule has 1 N–H and O–H groups in total. The Morgan fingerprint density at radius 3 is 2.43 bits per heavy atom. The van der Waals surface area contributed by atoms with E-state index in [1.807, 2.05) is 6.07 Å². The predicted molar refractivity (Wildman–Crippen MR) is 90.0 cm³/mol. The Hall–Kier alpha value is -1.19. The zero-order valence-corrected chi connectivity index (χ0v) is 14.2. The second-order valence-corrected chi connectivity index (χ2v) is 7.72. The molecular weight excluding hydrogens is 278 g/mol. The van der Waals surface area contributed by atoms with Gasteiger partial charge in [0.2, 0.25) is 0 Å². The summed E-state index contributed by atoms with van der Waals surface area (Å²) in [6, 6.07) is 10.4. The molecule has 0 aliphatic carbocycles. The van der Waals surface area contributed by atoms with Gasteiger partial charge in [-0.15, -0.1) is 11.3 Å². The van der Waals surface area contributed by atoms with Crippen LogP contribution in [0.25, 0.3) is 0 Å². The van der Waals surface area contributed by atoms with Gasteiger partial charge in [0.25, 0.3) is 0 Å². The van der Waals surface area contributed by atoms with E-state index in [0.717, 1.165) is 17.1 Å². The number of aliphatic hydroxyl groups is 1. The summed E-state index contributed by atoms with van der Waals surface area (Å²) < 4.78 is 0. The molecule has 0 saturated heterocycles. The van der Waals surface area contributed by atoms with Crippen LogP contribution in [0.4, 0.5) is 0 Å². The monoisotopic (exact) mass is 303 g/mol. The van der Waals surface area contributed by atoms with Gasteiger partial charge in [0.15, 0.2) is 0 Å². The molecule has 0 bridgehead atoms. The van der Waals surface area contributed by atoms with Crippen LogP contribution in [0.1, 0.15) is 56.3 Å². The minimum Gasteiger partial charge on any atom is -0.393 e. The van der Waals surface area contributed by atoms with Crippen LogP contribution in [0, 0.1) is 0 Å². The maximum absolute atomic E-state index is 10.3. The van der Waals surface area contributed by atoms with Crippen molar-refractivity contribution >= 4 is 11.3 Å². The van der Waals surface area contributed by atoms with Gasteiger partial charge in [-0.1, -0.05) is 58.0 Å². The van der Waals surface area contributed by atoms with Gasteiger partial charge in [0.05, 0.1) is 16.8 Å². The third-order valence-corrected chi connectivity index (χ3v) is 4.60. The van der Waals surface area contributed by atoms with Crippen LogP contribution in [0.15, 0.2) is 35.7 Å². The van der Waals surface area contributed by atoms with Gasteiger partial charge in [-0.05, 0) is 17.9 Å². The quantitative estimate of drug-likeness (QED) is 0.880. The number of aromatic nitrogens is 1. The summed E-state index contributed by atoms with van der Waals surface area (Å²) in [7, 11) is 0. The van der Waals surface area contributed by atoms with E-state index in [9.17, 15) is 5.11 Å². The van der Waals surface area contributed by atoms with Crippen molar-refractivity contribution < 1.29 is 5.11 Å². The molecule has 0 saturated carbocycles. The van der Waals surface area contributed by atoms with E-state index in [2.05, 4.69) is 62.3 Å². The molecule has 1 aromatic carbocycles. The number of rotatable bonds is 5. The van der Waals surface area contributed by atoms with Crippen LogP contribution in [-0.4, -0.2) is 16.2 Å². The molecule has 2 unspecified atom stereocenters. The fraction of sp³-hybridized carbons (Fsp3) is 0.500. The molecule has 0 aliphatic rings. The Kier molecular flexibility index (Phi) is 5.17. The maximum atomic E-state index is 10.3. The van der Waals surface area contributed by atoms with Gasteiger partial charge >= 0.3 is 0 Å². The zero-order chi connectivity index (χ0) is 15.5. The van der Waals surface area contributed by atoms with Gasteiger partial charge in [0, 0.05) is 17.2 Å². The van der Waals surface area contributed by atoms with Gasteiger partial charge in [0.1, 0.15) is 0 Å². The van der Waals surface area contributed by atoms with Crippen LogP contribution >= 0.6 is 11.3 Å². The predicted octanol–water partition coefficient (Wildman–Crippen LogP) is 4.54. The lowest BCUT2D eigenvalue weighted by Gasteiger charge is -2.16. The molecule has 2 rings (SSSR count). The van der Waals surface area contributed by atoms with Crippen molar-refractivity contribution in [1.29, 1.82) is 0 Å². The summed E-state index contributed by atoms with van der Waals surface area (Å²) in [6.07, 6.45) is 1.09. The number of hydrogen-bond acceptors (Lipinski definition) is 3. The number of nitrogens with zero attached hydrogens (tertiary/aromatic N) is 1.